The summed E-state index contributed by atoms with van der Waals surface area (Å²) in [5.41, 5.74) is 4.94. The number of aryl methyl sites for hydroxylation is 1. The Morgan fingerprint density at radius 2 is 2.10 bits per heavy atom. The molecule has 0 aliphatic heterocycles. The van der Waals surface area contributed by atoms with Gasteiger partial charge in [0.2, 0.25) is 0 Å². The second-order valence-electron chi connectivity index (χ2n) is 7.30. The van der Waals surface area contributed by atoms with Gasteiger partial charge in [-0.15, -0.1) is 5.10 Å². The zero-order chi connectivity index (χ0) is 19.8. The molecule has 7 nitrogen and oxygen atoms in total. The molecular weight excluding hydrogens is 388 g/mol. The molecule has 1 aliphatic rings. The number of rotatable bonds is 4. The van der Waals surface area contributed by atoms with Gasteiger partial charge in [-0.2, -0.15) is 0 Å². The molecule has 4 aromatic rings. The predicted octanol–water partition coefficient (Wildman–Crippen LogP) is 3.66. The van der Waals surface area contributed by atoms with E-state index in [4.69, 9.17) is 11.6 Å². The number of H-pyrrole nitrogens is 1. The average Bonchev–Trinajstić information content (AvgIpc) is 3.38. The maximum Gasteiger partial charge on any atom is 0.251 e. The minimum Gasteiger partial charge on any atom is -0.355 e. The van der Waals surface area contributed by atoms with Crippen molar-refractivity contribution >= 4 is 28.4 Å². The van der Waals surface area contributed by atoms with Crippen LogP contribution in [0.1, 0.15) is 46.1 Å². The summed E-state index contributed by atoms with van der Waals surface area (Å²) in [5, 5.41) is 16.2. The standard InChI is InChI=1S/C21H19ClN6O/c22-17-5-1-3-15-16-4-2-6-18(20(16)25-19(15)17)24-21(29)14-9-7-13(8-10-14)11-28-12-23-26-27-28/h1,3,5,7-10,12,18,25H,2,4,6,11H2,(H,24,29)/t18-/m1/s1. The van der Waals surface area contributed by atoms with Gasteiger partial charge >= 0.3 is 0 Å². The third kappa shape index (κ3) is 3.38. The maximum atomic E-state index is 12.8. The zero-order valence-corrected chi connectivity index (χ0v) is 16.4. The van der Waals surface area contributed by atoms with Crippen LogP contribution >= 0.6 is 11.6 Å². The third-order valence-electron chi connectivity index (χ3n) is 5.45. The molecule has 1 aliphatic carbocycles. The third-order valence-corrected chi connectivity index (χ3v) is 5.76. The number of para-hydroxylation sites is 1. The molecule has 29 heavy (non-hydrogen) atoms. The summed E-state index contributed by atoms with van der Waals surface area (Å²) >= 11 is 6.36. The van der Waals surface area contributed by atoms with E-state index in [0.29, 0.717) is 17.1 Å². The highest BCUT2D eigenvalue weighted by Crippen LogP contribution is 2.37. The lowest BCUT2D eigenvalue weighted by Crippen LogP contribution is -2.31. The molecule has 146 valence electrons. The summed E-state index contributed by atoms with van der Waals surface area (Å²) < 4.78 is 1.64. The lowest BCUT2D eigenvalue weighted by atomic mass is 9.91. The van der Waals surface area contributed by atoms with Crippen molar-refractivity contribution in [3.63, 3.8) is 0 Å². The Kier molecular flexibility index (Phi) is 4.52. The molecule has 2 N–H and O–H groups in total. The monoisotopic (exact) mass is 406 g/mol. The normalized spacial score (nSPS) is 16.0. The number of halogens is 1. The van der Waals surface area contributed by atoms with Crippen molar-refractivity contribution in [2.24, 2.45) is 0 Å². The lowest BCUT2D eigenvalue weighted by Gasteiger charge is -2.24. The molecule has 0 fully saturated rings. The van der Waals surface area contributed by atoms with Crippen molar-refractivity contribution in [3.05, 3.63) is 76.2 Å². The van der Waals surface area contributed by atoms with Crippen molar-refractivity contribution in [1.82, 2.24) is 30.5 Å². The number of aromatic amines is 1. The number of aromatic nitrogens is 5. The fraction of sp³-hybridized carbons (Fsp3) is 0.238. The molecule has 8 heteroatoms. The van der Waals surface area contributed by atoms with Gasteiger partial charge in [0.25, 0.3) is 5.91 Å². The van der Waals surface area contributed by atoms with Crippen LogP contribution in [0, 0.1) is 0 Å². The number of carbonyl (C=O) groups excluding carboxylic acids is 1. The quantitative estimate of drug-likeness (QED) is 0.541. The van der Waals surface area contributed by atoms with Crippen LogP contribution in [0.5, 0.6) is 0 Å². The fourth-order valence-corrected chi connectivity index (χ4v) is 4.26. The highest BCUT2D eigenvalue weighted by atomic mass is 35.5. The number of amides is 1. The second-order valence-corrected chi connectivity index (χ2v) is 7.71. The Morgan fingerprint density at radius 3 is 2.90 bits per heavy atom. The first-order valence-corrected chi connectivity index (χ1v) is 9.96. The van der Waals surface area contributed by atoms with Crippen LogP contribution in [-0.4, -0.2) is 31.1 Å². The average molecular weight is 407 g/mol. The molecule has 1 atom stereocenters. The van der Waals surface area contributed by atoms with Crippen LogP contribution in [-0.2, 0) is 13.0 Å². The van der Waals surface area contributed by atoms with E-state index in [-0.39, 0.29) is 11.9 Å². The highest BCUT2D eigenvalue weighted by Gasteiger charge is 2.26. The van der Waals surface area contributed by atoms with Crippen LogP contribution in [0.2, 0.25) is 5.02 Å². The van der Waals surface area contributed by atoms with E-state index in [2.05, 4.69) is 31.9 Å². The molecule has 0 saturated heterocycles. The molecule has 0 spiro atoms. The van der Waals surface area contributed by atoms with Gasteiger partial charge < -0.3 is 10.3 Å². The van der Waals surface area contributed by atoms with Crippen molar-refractivity contribution in [2.75, 3.05) is 0 Å². The number of benzene rings is 2. The second kappa shape index (κ2) is 7.33. The minimum absolute atomic E-state index is 0.0457. The van der Waals surface area contributed by atoms with Gasteiger partial charge in [-0.25, -0.2) is 4.68 Å². The van der Waals surface area contributed by atoms with E-state index in [9.17, 15) is 4.79 Å². The summed E-state index contributed by atoms with van der Waals surface area (Å²) in [4.78, 5) is 16.3. The molecule has 1 amide bonds. The molecule has 2 aromatic heterocycles. The van der Waals surface area contributed by atoms with Crippen LogP contribution in [0.3, 0.4) is 0 Å². The van der Waals surface area contributed by atoms with Gasteiger partial charge in [0, 0.05) is 16.6 Å². The van der Waals surface area contributed by atoms with E-state index in [0.717, 1.165) is 41.4 Å². The van der Waals surface area contributed by atoms with Gasteiger partial charge in [-0.1, -0.05) is 35.9 Å². The van der Waals surface area contributed by atoms with Crippen LogP contribution in [0.4, 0.5) is 0 Å². The molecule has 2 heterocycles. The van der Waals surface area contributed by atoms with E-state index in [1.807, 2.05) is 36.4 Å². The number of tetrazole rings is 1. The fourth-order valence-electron chi connectivity index (χ4n) is 4.04. The number of nitrogens with one attached hydrogen (secondary N) is 2. The first kappa shape index (κ1) is 17.9. The number of hydrogen-bond acceptors (Lipinski definition) is 4. The Labute approximate surface area is 172 Å². The van der Waals surface area contributed by atoms with Crippen LogP contribution in [0.25, 0.3) is 10.9 Å². The van der Waals surface area contributed by atoms with Crippen molar-refractivity contribution in [3.8, 4) is 0 Å². The zero-order valence-electron chi connectivity index (χ0n) is 15.6. The smallest absolute Gasteiger partial charge is 0.251 e. The SMILES string of the molecule is O=C(N[C@@H]1CCCc2c1[nH]c1c(Cl)cccc21)c1ccc(Cn2cnnn2)cc1. The molecule has 0 saturated carbocycles. The Morgan fingerprint density at radius 1 is 1.24 bits per heavy atom. The van der Waals surface area contributed by atoms with E-state index in [1.54, 1.807) is 11.0 Å². The summed E-state index contributed by atoms with van der Waals surface area (Å²) in [6.45, 7) is 0.566. The van der Waals surface area contributed by atoms with E-state index in [1.165, 1.54) is 5.56 Å². The summed E-state index contributed by atoms with van der Waals surface area (Å²) in [7, 11) is 0. The Bertz CT molecular complexity index is 1170. The summed E-state index contributed by atoms with van der Waals surface area (Å²) in [5.74, 6) is -0.0819. The van der Waals surface area contributed by atoms with E-state index < -0.39 is 0 Å². The van der Waals surface area contributed by atoms with Gasteiger partial charge in [0.05, 0.1) is 23.1 Å². The number of fused-ring (bicyclic) bond motifs is 3. The van der Waals surface area contributed by atoms with Gasteiger partial charge in [0.1, 0.15) is 6.33 Å². The molecule has 0 radical (unpaired) electrons. The first-order valence-electron chi connectivity index (χ1n) is 9.58. The molecular formula is C21H19ClN6O. The van der Waals surface area contributed by atoms with Gasteiger partial charge in [-0.05, 0) is 59.0 Å². The van der Waals surface area contributed by atoms with E-state index >= 15 is 0 Å². The number of carbonyl (C=O) groups is 1. The molecule has 0 bridgehead atoms. The molecule has 5 rings (SSSR count). The van der Waals surface area contributed by atoms with Crippen LogP contribution in [0.15, 0.2) is 48.8 Å². The minimum atomic E-state index is -0.0819. The summed E-state index contributed by atoms with van der Waals surface area (Å²) in [6.07, 6.45) is 4.49. The topological polar surface area (TPSA) is 88.5 Å². The number of hydrogen-bond donors (Lipinski definition) is 2. The van der Waals surface area contributed by atoms with Crippen molar-refractivity contribution in [1.29, 1.82) is 0 Å². The van der Waals surface area contributed by atoms with Crippen LogP contribution < -0.4 is 5.32 Å². The molecule has 0 unspecified atom stereocenters. The maximum absolute atomic E-state index is 12.8. The van der Waals surface area contributed by atoms with Gasteiger partial charge in [0.15, 0.2) is 0 Å². The largest absolute Gasteiger partial charge is 0.355 e. The predicted molar refractivity (Wildman–Crippen MR) is 110 cm³/mol. The summed E-state index contributed by atoms with van der Waals surface area (Å²) in [6, 6.07) is 13.4. The number of nitrogens with zero attached hydrogens (tertiary/aromatic N) is 4. The van der Waals surface area contributed by atoms with Crippen molar-refractivity contribution < 1.29 is 4.79 Å². The van der Waals surface area contributed by atoms with Crippen molar-refractivity contribution in [2.45, 2.75) is 31.8 Å². The first-order chi connectivity index (χ1) is 14.2. The van der Waals surface area contributed by atoms with Gasteiger partial charge in [-0.3, -0.25) is 4.79 Å². The highest BCUT2D eigenvalue weighted by molar-refractivity contribution is 6.35. The molecule has 2 aromatic carbocycles. The Balaban J connectivity index is 1.35. The Hall–Kier alpha value is -3.19. The lowest BCUT2D eigenvalue weighted by molar-refractivity contribution is 0.0932.